The number of likely N-dealkylation sites (tertiary alicyclic amines) is 1. The van der Waals surface area contributed by atoms with Crippen molar-refractivity contribution in [3.63, 3.8) is 0 Å². The van der Waals surface area contributed by atoms with E-state index in [1.165, 1.54) is 10.2 Å². The molecule has 0 aromatic heterocycles. The highest BCUT2D eigenvalue weighted by molar-refractivity contribution is 5.87. The molecule has 1 aliphatic heterocycles. The van der Waals surface area contributed by atoms with Crippen LogP contribution >= 0.6 is 0 Å². The fraction of sp³-hybridized carbons (Fsp3) is 0.824. The van der Waals surface area contributed by atoms with Gasteiger partial charge in [0.05, 0.1) is 5.97 Å². The molecular weight excluding hydrogens is 328 g/mol. The van der Waals surface area contributed by atoms with Crippen LogP contribution in [0.1, 0.15) is 58.8 Å². The van der Waals surface area contributed by atoms with Crippen molar-refractivity contribution >= 4 is 17.8 Å². The SMILES string of the molecule is CCC[C@H]([NH2+][C@@H](C)C(=O)N1[C@H](C(=O)O)C[C@@H]2CCCC[C@@H]21)C(=O)[O-].O. The Kier molecular flexibility index (Phi) is 7.82. The van der Waals surface area contributed by atoms with Crippen LogP contribution in [-0.4, -0.2) is 57.5 Å². The third-order valence-electron chi connectivity index (χ3n) is 5.44. The van der Waals surface area contributed by atoms with Crippen molar-refractivity contribution in [1.82, 2.24) is 4.90 Å². The minimum atomic E-state index is -1.18. The molecule has 1 amide bonds. The van der Waals surface area contributed by atoms with E-state index in [0.29, 0.717) is 19.3 Å². The summed E-state index contributed by atoms with van der Waals surface area (Å²) in [7, 11) is 0. The normalized spacial score (nSPS) is 27.8. The van der Waals surface area contributed by atoms with Gasteiger partial charge in [-0.25, -0.2) is 4.79 Å². The zero-order valence-electron chi connectivity index (χ0n) is 14.9. The van der Waals surface area contributed by atoms with Gasteiger partial charge in [-0.1, -0.05) is 26.2 Å². The molecule has 0 unspecified atom stereocenters. The number of hydrogen-bond donors (Lipinski definition) is 2. The fourth-order valence-corrected chi connectivity index (χ4v) is 4.27. The molecule has 1 saturated carbocycles. The van der Waals surface area contributed by atoms with E-state index in [9.17, 15) is 24.6 Å². The number of nitrogens with zero attached hydrogens (tertiary/aromatic N) is 1. The number of quaternary nitrogens is 1. The van der Waals surface area contributed by atoms with E-state index in [0.717, 1.165) is 25.7 Å². The Morgan fingerprint density at radius 3 is 2.48 bits per heavy atom. The van der Waals surface area contributed by atoms with Gasteiger partial charge in [0.1, 0.15) is 12.1 Å². The highest BCUT2D eigenvalue weighted by Crippen LogP contribution is 2.39. The zero-order valence-corrected chi connectivity index (χ0v) is 14.9. The van der Waals surface area contributed by atoms with Crippen molar-refractivity contribution in [2.45, 2.75) is 83.0 Å². The standard InChI is InChI=1S/C17H28N2O5.H2O/c1-3-6-12(16(21)22)18-10(2)15(20)19-13-8-5-4-7-11(13)9-14(19)17(23)24;/h10-14,18H,3-9H2,1-2H3,(H,21,22)(H,23,24);1H2/t10-,11-,12-,13-,14-;/m0./s1. The first-order valence-electron chi connectivity index (χ1n) is 8.97. The number of nitrogens with two attached hydrogens (primary N) is 1. The molecule has 2 fully saturated rings. The van der Waals surface area contributed by atoms with Crippen LogP contribution in [0.25, 0.3) is 0 Å². The minimum Gasteiger partial charge on any atom is -0.544 e. The van der Waals surface area contributed by atoms with E-state index in [-0.39, 0.29) is 23.3 Å². The van der Waals surface area contributed by atoms with Crippen molar-refractivity contribution in [3.8, 4) is 0 Å². The van der Waals surface area contributed by atoms with Gasteiger partial charge < -0.3 is 30.7 Å². The van der Waals surface area contributed by atoms with Gasteiger partial charge in [-0.15, -0.1) is 0 Å². The van der Waals surface area contributed by atoms with Gasteiger partial charge >= 0.3 is 5.97 Å². The topological polar surface area (TPSA) is 146 Å². The molecule has 2 aliphatic rings. The summed E-state index contributed by atoms with van der Waals surface area (Å²) in [6.45, 7) is 3.53. The molecule has 8 heteroatoms. The number of carbonyl (C=O) groups excluding carboxylic acids is 2. The summed E-state index contributed by atoms with van der Waals surface area (Å²) in [5.74, 6) is -2.15. The maximum absolute atomic E-state index is 12.9. The number of carbonyl (C=O) groups is 3. The Labute approximate surface area is 147 Å². The van der Waals surface area contributed by atoms with Gasteiger partial charge in [-0.05, 0) is 32.1 Å². The van der Waals surface area contributed by atoms with Gasteiger partial charge in [0.25, 0.3) is 5.91 Å². The number of aliphatic carboxylic acids is 2. The molecule has 1 saturated heterocycles. The molecule has 2 rings (SSSR count). The first-order chi connectivity index (χ1) is 11.4. The van der Waals surface area contributed by atoms with E-state index in [1.54, 1.807) is 6.92 Å². The maximum atomic E-state index is 12.9. The first kappa shape index (κ1) is 21.4. The van der Waals surface area contributed by atoms with Crippen LogP contribution in [-0.2, 0) is 14.4 Å². The van der Waals surface area contributed by atoms with Crippen molar-refractivity contribution in [1.29, 1.82) is 0 Å². The number of hydrogen-bond acceptors (Lipinski definition) is 4. The van der Waals surface area contributed by atoms with E-state index >= 15 is 0 Å². The molecule has 144 valence electrons. The van der Waals surface area contributed by atoms with Crippen LogP contribution < -0.4 is 10.4 Å². The van der Waals surface area contributed by atoms with E-state index in [4.69, 9.17) is 0 Å². The van der Waals surface area contributed by atoms with Gasteiger partial charge in [-0.3, -0.25) is 4.79 Å². The largest absolute Gasteiger partial charge is 0.544 e. The van der Waals surface area contributed by atoms with Crippen LogP contribution in [0.4, 0.5) is 0 Å². The second-order valence-corrected chi connectivity index (χ2v) is 7.14. The van der Waals surface area contributed by atoms with Crippen LogP contribution in [0.15, 0.2) is 0 Å². The van der Waals surface area contributed by atoms with E-state index < -0.39 is 30.1 Å². The Morgan fingerprint density at radius 1 is 1.28 bits per heavy atom. The molecule has 8 nitrogen and oxygen atoms in total. The predicted octanol–water partition coefficient (Wildman–Crippen LogP) is -1.72. The maximum Gasteiger partial charge on any atom is 0.326 e. The fourth-order valence-electron chi connectivity index (χ4n) is 4.27. The van der Waals surface area contributed by atoms with Gasteiger partial charge in [-0.2, -0.15) is 0 Å². The van der Waals surface area contributed by atoms with Crippen LogP contribution in [0.3, 0.4) is 0 Å². The average Bonchev–Trinajstić information content (AvgIpc) is 2.93. The van der Waals surface area contributed by atoms with Crippen molar-refractivity contribution in [3.05, 3.63) is 0 Å². The molecule has 0 aromatic carbocycles. The van der Waals surface area contributed by atoms with Crippen LogP contribution in [0.5, 0.6) is 0 Å². The van der Waals surface area contributed by atoms with Crippen molar-refractivity contribution < 1.29 is 35.4 Å². The van der Waals surface area contributed by atoms with E-state index in [1.807, 2.05) is 6.92 Å². The van der Waals surface area contributed by atoms with Crippen LogP contribution in [0, 0.1) is 5.92 Å². The molecular formula is C17H30N2O6. The van der Waals surface area contributed by atoms with Crippen molar-refractivity contribution in [2.75, 3.05) is 0 Å². The predicted molar refractivity (Wildman–Crippen MR) is 87.3 cm³/mol. The molecule has 0 aromatic rings. The number of amides is 1. The lowest BCUT2D eigenvalue weighted by atomic mass is 9.84. The molecule has 1 aliphatic carbocycles. The number of carboxylic acid groups (broad SMARTS) is 2. The molecule has 25 heavy (non-hydrogen) atoms. The zero-order chi connectivity index (χ0) is 17.9. The number of rotatable bonds is 7. The lowest BCUT2D eigenvalue weighted by Crippen LogP contribution is -2.99. The second-order valence-electron chi connectivity index (χ2n) is 7.14. The molecule has 0 radical (unpaired) electrons. The summed E-state index contributed by atoms with van der Waals surface area (Å²) in [5, 5.41) is 22.2. The van der Waals surface area contributed by atoms with Crippen molar-refractivity contribution in [2.24, 2.45) is 5.92 Å². The summed E-state index contributed by atoms with van der Waals surface area (Å²) < 4.78 is 0. The Balaban J connectivity index is 0.00000312. The first-order valence-corrected chi connectivity index (χ1v) is 8.97. The third kappa shape index (κ3) is 4.70. The van der Waals surface area contributed by atoms with Gasteiger partial charge in [0.2, 0.25) is 0 Å². The number of carboxylic acids is 2. The lowest BCUT2D eigenvalue weighted by Gasteiger charge is -2.34. The number of fused-ring (bicyclic) bond motifs is 1. The summed E-state index contributed by atoms with van der Waals surface area (Å²) in [5.41, 5.74) is 0. The Bertz CT molecular complexity index is 498. The molecule has 5 N–H and O–H groups in total. The Morgan fingerprint density at radius 2 is 1.92 bits per heavy atom. The summed E-state index contributed by atoms with van der Waals surface area (Å²) >= 11 is 0. The summed E-state index contributed by atoms with van der Waals surface area (Å²) in [4.78, 5) is 37.2. The quantitative estimate of drug-likeness (QED) is 0.555. The molecule has 0 bridgehead atoms. The summed E-state index contributed by atoms with van der Waals surface area (Å²) in [6.07, 6.45) is 5.51. The van der Waals surface area contributed by atoms with Gasteiger partial charge in [0, 0.05) is 12.5 Å². The minimum absolute atomic E-state index is 0. The second kappa shape index (κ2) is 9.15. The molecule has 0 spiro atoms. The monoisotopic (exact) mass is 358 g/mol. The van der Waals surface area contributed by atoms with Crippen LogP contribution in [0.2, 0.25) is 0 Å². The van der Waals surface area contributed by atoms with Gasteiger partial charge in [0.15, 0.2) is 6.04 Å². The van der Waals surface area contributed by atoms with E-state index in [2.05, 4.69) is 0 Å². The summed E-state index contributed by atoms with van der Waals surface area (Å²) in [6, 6.07) is -2.20. The highest BCUT2D eigenvalue weighted by Gasteiger charge is 2.49. The average molecular weight is 358 g/mol. The third-order valence-corrected chi connectivity index (χ3v) is 5.44. The highest BCUT2D eigenvalue weighted by atomic mass is 16.4. The molecule has 1 heterocycles. The Hall–Kier alpha value is -1.67. The smallest absolute Gasteiger partial charge is 0.326 e. The molecule has 5 atom stereocenters. The lowest BCUT2D eigenvalue weighted by molar-refractivity contribution is -0.702.